The van der Waals surface area contributed by atoms with Gasteiger partial charge in [0, 0.05) is 16.9 Å². The average molecular weight is 314 g/mol. The van der Waals surface area contributed by atoms with E-state index in [-0.39, 0.29) is 11.9 Å². The van der Waals surface area contributed by atoms with Gasteiger partial charge in [0.1, 0.15) is 0 Å². The highest BCUT2D eigenvalue weighted by Gasteiger charge is 2.09. The number of fused-ring (bicyclic) bond motifs is 1. The second kappa shape index (κ2) is 5.01. The van der Waals surface area contributed by atoms with E-state index in [0.29, 0.717) is 6.42 Å². The number of halogens is 1. The average Bonchev–Trinajstić information content (AvgIpc) is 2.57. The Kier molecular flexibility index (Phi) is 3.63. The van der Waals surface area contributed by atoms with E-state index in [9.17, 15) is 4.79 Å². The number of thiazole rings is 1. The molecule has 1 unspecified atom stereocenters. The zero-order chi connectivity index (χ0) is 12.4. The number of rotatable bonds is 4. The van der Waals surface area contributed by atoms with E-state index >= 15 is 0 Å². The highest BCUT2D eigenvalue weighted by atomic mass is 79.9. The molecule has 6 heteroatoms. The summed E-state index contributed by atoms with van der Waals surface area (Å²) in [5.41, 5.74) is 6.08. The Hall–Kier alpha value is -1.14. The van der Waals surface area contributed by atoms with Gasteiger partial charge in [0.15, 0.2) is 5.13 Å². The van der Waals surface area contributed by atoms with Crippen LogP contribution in [0.2, 0.25) is 0 Å². The van der Waals surface area contributed by atoms with E-state index < -0.39 is 0 Å². The van der Waals surface area contributed by atoms with Gasteiger partial charge >= 0.3 is 0 Å². The Morgan fingerprint density at radius 2 is 2.41 bits per heavy atom. The first-order chi connectivity index (χ1) is 8.04. The van der Waals surface area contributed by atoms with Gasteiger partial charge in [-0.3, -0.25) is 4.79 Å². The van der Waals surface area contributed by atoms with Crippen molar-refractivity contribution in [2.45, 2.75) is 19.4 Å². The van der Waals surface area contributed by atoms with E-state index in [1.54, 1.807) is 11.3 Å². The molecular weight excluding hydrogens is 302 g/mol. The van der Waals surface area contributed by atoms with E-state index in [2.05, 4.69) is 26.2 Å². The lowest BCUT2D eigenvalue weighted by atomic mass is 10.2. The lowest BCUT2D eigenvalue weighted by molar-refractivity contribution is -0.118. The summed E-state index contributed by atoms with van der Waals surface area (Å²) in [5.74, 6) is -0.311. The molecule has 0 aliphatic heterocycles. The lowest BCUT2D eigenvalue weighted by Gasteiger charge is -2.09. The van der Waals surface area contributed by atoms with Gasteiger partial charge in [-0.05, 0) is 25.1 Å². The predicted octanol–water partition coefficient (Wildman–Crippen LogP) is 2.73. The molecule has 0 aliphatic rings. The minimum Gasteiger partial charge on any atom is -0.370 e. The summed E-state index contributed by atoms with van der Waals surface area (Å²) in [6.45, 7) is 1.91. The zero-order valence-corrected chi connectivity index (χ0v) is 11.6. The molecule has 1 atom stereocenters. The SMILES string of the molecule is CC(CC(N)=O)Nc1nc2cc(Br)ccc2s1. The van der Waals surface area contributed by atoms with Crippen molar-refractivity contribution in [3.05, 3.63) is 22.7 Å². The largest absolute Gasteiger partial charge is 0.370 e. The third-order valence-corrected chi connectivity index (χ3v) is 3.69. The van der Waals surface area contributed by atoms with Crippen LogP contribution in [0.1, 0.15) is 13.3 Å². The van der Waals surface area contributed by atoms with E-state index in [1.165, 1.54) is 0 Å². The van der Waals surface area contributed by atoms with Crippen LogP contribution in [0, 0.1) is 0 Å². The molecule has 2 rings (SSSR count). The second-order valence-electron chi connectivity index (χ2n) is 3.85. The number of nitrogens with two attached hydrogens (primary N) is 1. The van der Waals surface area contributed by atoms with Crippen molar-refractivity contribution in [3.63, 3.8) is 0 Å². The van der Waals surface area contributed by atoms with E-state index in [1.807, 2.05) is 25.1 Å². The molecule has 0 saturated heterocycles. The molecule has 2 aromatic rings. The molecule has 0 fully saturated rings. The summed E-state index contributed by atoms with van der Waals surface area (Å²) in [4.78, 5) is 15.2. The standard InChI is InChI=1S/C11H12BrN3OS/c1-6(4-10(13)16)14-11-15-8-5-7(12)2-3-9(8)17-11/h2-3,5-6H,4H2,1H3,(H2,13,16)(H,14,15). The third-order valence-electron chi connectivity index (χ3n) is 2.23. The number of nitrogens with one attached hydrogen (secondary N) is 1. The number of primary amides is 1. The van der Waals surface area contributed by atoms with Crippen molar-refractivity contribution < 1.29 is 4.79 Å². The molecule has 1 amide bonds. The quantitative estimate of drug-likeness (QED) is 0.912. The van der Waals surface area contributed by atoms with Gasteiger partial charge in [-0.25, -0.2) is 4.98 Å². The topological polar surface area (TPSA) is 68.0 Å². The number of hydrogen-bond acceptors (Lipinski definition) is 4. The van der Waals surface area contributed by atoms with Gasteiger partial charge in [-0.2, -0.15) is 0 Å². The molecular formula is C11H12BrN3OS. The lowest BCUT2D eigenvalue weighted by Crippen LogP contribution is -2.23. The highest BCUT2D eigenvalue weighted by molar-refractivity contribution is 9.10. The molecule has 90 valence electrons. The van der Waals surface area contributed by atoms with Crippen LogP contribution in [-0.4, -0.2) is 16.9 Å². The van der Waals surface area contributed by atoms with Gasteiger partial charge in [-0.1, -0.05) is 27.3 Å². The number of carbonyl (C=O) groups is 1. The van der Waals surface area contributed by atoms with Crippen molar-refractivity contribution in [1.82, 2.24) is 4.98 Å². The Balaban J connectivity index is 2.16. The van der Waals surface area contributed by atoms with Crippen LogP contribution in [0.4, 0.5) is 5.13 Å². The fraction of sp³-hybridized carbons (Fsp3) is 0.273. The molecule has 0 aliphatic carbocycles. The number of nitrogens with zero attached hydrogens (tertiary/aromatic N) is 1. The number of aromatic nitrogens is 1. The van der Waals surface area contributed by atoms with Crippen LogP contribution in [0.5, 0.6) is 0 Å². The van der Waals surface area contributed by atoms with Crippen LogP contribution in [-0.2, 0) is 4.79 Å². The molecule has 0 spiro atoms. The number of anilines is 1. The Morgan fingerprint density at radius 1 is 1.65 bits per heavy atom. The first-order valence-electron chi connectivity index (χ1n) is 5.15. The van der Waals surface area contributed by atoms with E-state index in [0.717, 1.165) is 19.8 Å². The van der Waals surface area contributed by atoms with Gasteiger partial charge in [0.05, 0.1) is 10.2 Å². The van der Waals surface area contributed by atoms with Crippen LogP contribution in [0.3, 0.4) is 0 Å². The minimum absolute atomic E-state index is 0.00324. The van der Waals surface area contributed by atoms with Crippen LogP contribution >= 0.6 is 27.3 Å². The van der Waals surface area contributed by atoms with Gasteiger partial charge in [0.2, 0.25) is 5.91 Å². The molecule has 17 heavy (non-hydrogen) atoms. The fourth-order valence-corrected chi connectivity index (χ4v) is 2.83. The zero-order valence-electron chi connectivity index (χ0n) is 9.24. The molecule has 0 saturated carbocycles. The van der Waals surface area contributed by atoms with Crippen molar-refractivity contribution in [1.29, 1.82) is 0 Å². The van der Waals surface area contributed by atoms with Gasteiger partial charge in [-0.15, -0.1) is 0 Å². The summed E-state index contributed by atoms with van der Waals surface area (Å²) in [6, 6.07) is 5.96. The second-order valence-corrected chi connectivity index (χ2v) is 5.79. The monoisotopic (exact) mass is 313 g/mol. The summed E-state index contributed by atoms with van der Waals surface area (Å²) in [5, 5.41) is 3.99. The summed E-state index contributed by atoms with van der Waals surface area (Å²) in [6.07, 6.45) is 0.305. The fourth-order valence-electron chi connectivity index (χ4n) is 1.53. The Labute approximate surface area is 111 Å². The molecule has 0 bridgehead atoms. The first-order valence-corrected chi connectivity index (χ1v) is 6.76. The molecule has 1 heterocycles. The van der Waals surface area contributed by atoms with Crippen molar-refractivity contribution in [2.75, 3.05) is 5.32 Å². The number of amides is 1. The first kappa shape index (κ1) is 12.3. The maximum absolute atomic E-state index is 10.8. The molecule has 1 aromatic heterocycles. The number of carbonyl (C=O) groups excluding carboxylic acids is 1. The maximum atomic E-state index is 10.8. The minimum atomic E-state index is -0.311. The highest BCUT2D eigenvalue weighted by Crippen LogP contribution is 2.28. The number of benzene rings is 1. The van der Waals surface area contributed by atoms with Crippen molar-refractivity contribution in [3.8, 4) is 0 Å². The predicted molar refractivity (Wildman–Crippen MR) is 74.2 cm³/mol. The molecule has 3 N–H and O–H groups in total. The Bertz CT molecular complexity index is 555. The normalized spacial score (nSPS) is 12.6. The van der Waals surface area contributed by atoms with Gasteiger partial charge < -0.3 is 11.1 Å². The number of hydrogen-bond donors (Lipinski definition) is 2. The molecule has 1 aromatic carbocycles. The van der Waals surface area contributed by atoms with Crippen LogP contribution in [0.25, 0.3) is 10.2 Å². The molecule has 0 radical (unpaired) electrons. The smallest absolute Gasteiger partial charge is 0.219 e. The summed E-state index contributed by atoms with van der Waals surface area (Å²) >= 11 is 4.97. The summed E-state index contributed by atoms with van der Waals surface area (Å²) < 4.78 is 2.12. The maximum Gasteiger partial charge on any atom is 0.219 e. The van der Waals surface area contributed by atoms with Gasteiger partial charge in [0.25, 0.3) is 0 Å². The van der Waals surface area contributed by atoms with Crippen LogP contribution in [0.15, 0.2) is 22.7 Å². The third kappa shape index (κ3) is 3.17. The summed E-state index contributed by atoms with van der Waals surface area (Å²) in [7, 11) is 0. The van der Waals surface area contributed by atoms with Crippen LogP contribution < -0.4 is 11.1 Å². The van der Waals surface area contributed by atoms with Crippen molar-refractivity contribution >= 4 is 48.5 Å². The Morgan fingerprint density at radius 3 is 3.12 bits per heavy atom. The van der Waals surface area contributed by atoms with E-state index in [4.69, 9.17) is 5.73 Å². The molecule has 4 nitrogen and oxygen atoms in total. The van der Waals surface area contributed by atoms with Crippen molar-refractivity contribution in [2.24, 2.45) is 5.73 Å².